The fraction of sp³-hybridized carbons (Fsp3) is 0.636. The highest BCUT2D eigenvalue weighted by Crippen LogP contribution is 2.39. The molecular weight excluding hydrogens is 189 g/mol. The van der Waals surface area contributed by atoms with Crippen LogP contribution in [0.3, 0.4) is 0 Å². The van der Waals surface area contributed by atoms with Gasteiger partial charge in [-0.1, -0.05) is 24.1 Å². The van der Waals surface area contributed by atoms with E-state index in [1.54, 1.807) is 6.08 Å². The fourth-order valence-corrected chi connectivity index (χ4v) is 2.27. The Bertz CT molecular complexity index is 283. The van der Waals surface area contributed by atoms with Gasteiger partial charge in [0.1, 0.15) is 0 Å². The summed E-state index contributed by atoms with van der Waals surface area (Å²) < 4.78 is 37.2. The zero-order valence-corrected chi connectivity index (χ0v) is 7.90. The maximum absolute atomic E-state index is 12.4. The van der Waals surface area contributed by atoms with Gasteiger partial charge >= 0.3 is 6.18 Å². The minimum absolute atomic E-state index is 0.0779. The van der Waals surface area contributed by atoms with Crippen molar-refractivity contribution >= 4 is 0 Å². The summed E-state index contributed by atoms with van der Waals surface area (Å²) in [5.41, 5.74) is 0.873. The van der Waals surface area contributed by atoms with Crippen LogP contribution >= 0.6 is 0 Å². The predicted octanol–water partition coefficient (Wildman–Crippen LogP) is 4.00. The van der Waals surface area contributed by atoms with E-state index >= 15 is 0 Å². The van der Waals surface area contributed by atoms with Crippen LogP contribution in [0.15, 0.2) is 23.3 Å². The minimum Gasteiger partial charge on any atom is -0.166 e. The van der Waals surface area contributed by atoms with Gasteiger partial charge in [-0.2, -0.15) is 13.2 Å². The van der Waals surface area contributed by atoms with Crippen molar-refractivity contribution < 1.29 is 13.2 Å². The summed E-state index contributed by atoms with van der Waals surface area (Å²) in [4.78, 5) is 0. The first-order valence-electron chi connectivity index (χ1n) is 5.04. The number of fused-ring (bicyclic) bond motifs is 1. The normalized spacial score (nSPS) is 27.8. The largest absolute Gasteiger partial charge is 0.412 e. The van der Waals surface area contributed by atoms with Crippen LogP contribution < -0.4 is 0 Å². The van der Waals surface area contributed by atoms with Crippen LogP contribution in [0.4, 0.5) is 13.2 Å². The lowest BCUT2D eigenvalue weighted by molar-refractivity contribution is -0.0937. The van der Waals surface area contributed by atoms with Crippen molar-refractivity contribution in [1.29, 1.82) is 0 Å². The molecule has 0 radical (unpaired) electrons. The molecule has 2 aliphatic carbocycles. The smallest absolute Gasteiger partial charge is 0.166 e. The molecule has 0 amide bonds. The predicted molar refractivity (Wildman–Crippen MR) is 48.8 cm³/mol. The number of alkyl halides is 3. The van der Waals surface area contributed by atoms with Gasteiger partial charge in [-0.3, -0.25) is 0 Å². The Morgan fingerprint density at radius 1 is 1.21 bits per heavy atom. The first-order chi connectivity index (χ1) is 6.57. The highest BCUT2D eigenvalue weighted by Gasteiger charge is 2.35. The van der Waals surface area contributed by atoms with Gasteiger partial charge in [0.05, 0.1) is 0 Å². The van der Waals surface area contributed by atoms with Gasteiger partial charge in [0.2, 0.25) is 0 Å². The highest BCUT2D eigenvalue weighted by atomic mass is 19.4. The van der Waals surface area contributed by atoms with Gasteiger partial charge in [0, 0.05) is 5.57 Å². The zero-order valence-electron chi connectivity index (χ0n) is 7.90. The van der Waals surface area contributed by atoms with Crippen molar-refractivity contribution in [3.05, 3.63) is 23.3 Å². The van der Waals surface area contributed by atoms with Gasteiger partial charge in [0.25, 0.3) is 0 Å². The Hall–Kier alpha value is -0.730. The molecule has 0 nitrogen and oxygen atoms in total. The Morgan fingerprint density at radius 2 is 2.00 bits per heavy atom. The summed E-state index contributed by atoms with van der Waals surface area (Å²) in [6, 6.07) is 0. The quantitative estimate of drug-likeness (QED) is 0.521. The molecule has 0 spiro atoms. The average Bonchev–Trinajstić information content (AvgIpc) is 2.16. The van der Waals surface area contributed by atoms with Gasteiger partial charge in [-0.15, -0.1) is 0 Å². The summed E-state index contributed by atoms with van der Waals surface area (Å²) in [6.45, 7) is 0. The lowest BCUT2D eigenvalue weighted by Crippen LogP contribution is -2.19. The summed E-state index contributed by atoms with van der Waals surface area (Å²) >= 11 is 0. The van der Waals surface area contributed by atoms with E-state index in [0.29, 0.717) is 0 Å². The number of allylic oxidation sites excluding steroid dienone is 4. The molecule has 78 valence electrons. The van der Waals surface area contributed by atoms with Gasteiger partial charge < -0.3 is 0 Å². The molecule has 1 saturated carbocycles. The van der Waals surface area contributed by atoms with E-state index in [4.69, 9.17) is 0 Å². The maximum atomic E-state index is 12.4. The fourth-order valence-electron chi connectivity index (χ4n) is 2.27. The molecule has 0 bridgehead atoms. The van der Waals surface area contributed by atoms with E-state index in [1.807, 2.05) is 0 Å². The van der Waals surface area contributed by atoms with Gasteiger partial charge in [-0.05, 0) is 31.6 Å². The topological polar surface area (TPSA) is 0 Å². The minimum atomic E-state index is -4.13. The molecule has 3 heteroatoms. The molecule has 2 rings (SSSR count). The number of hydrogen-bond donors (Lipinski definition) is 0. The molecule has 1 unspecified atom stereocenters. The molecule has 1 atom stereocenters. The lowest BCUT2D eigenvalue weighted by atomic mass is 9.79. The lowest BCUT2D eigenvalue weighted by Gasteiger charge is -2.28. The van der Waals surface area contributed by atoms with Gasteiger partial charge in [0.15, 0.2) is 0 Å². The third-order valence-electron chi connectivity index (χ3n) is 3.06. The second-order valence-corrected chi connectivity index (χ2v) is 4.03. The number of hydrogen-bond acceptors (Lipinski definition) is 0. The van der Waals surface area contributed by atoms with Gasteiger partial charge in [-0.25, -0.2) is 0 Å². The van der Waals surface area contributed by atoms with E-state index < -0.39 is 6.18 Å². The van der Waals surface area contributed by atoms with E-state index in [1.165, 1.54) is 11.6 Å². The van der Waals surface area contributed by atoms with E-state index in [-0.39, 0.29) is 17.9 Å². The molecule has 1 fully saturated rings. The van der Waals surface area contributed by atoms with Crippen molar-refractivity contribution in [2.75, 3.05) is 0 Å². The molecular formula is C11H13F3. The summed E-state index contributed by atoms with van der Waals surface area (Å²) in [6.07, 6.45) is 3.26. The Morgan fingerprint density at radius 3 is 2.71 bits per heavy atom. The number of halogens is 3. The Balaban J connectivity index is 2.16. The Labute approximate surface area is 81.5 Å². The van der Waals surface area contributed by atoms with Crippen LogP contribution in [0.2, 0.25) is 0 Å². The number of rotatable bonds is 0. The molecule has 0 N–H and O–H groups in total. The molecule has 2 aliphatic rings. The third-order valence-corrected chi connectivity index (χ3v) is 3.06. The molecule has 14 heavy (non-hydrogen) atoms. The first-order valence-corrected chi connectivity index (χ1v) is 5.04. The van der Waals surface area contributed by atoms with Crippen LogP contribution in [0.1, 0.15) is 32.1 Å². The summed E-state index contributed by atoms with van der Waals surface area (Å²) in [5.74, 6) is 0.0779. The average molecular weight is 202 g/mol. The second-order valence-electron chi connectivity index (χ2n) is 4.03. The van der Waals surface area contributed by atoms with Crippen molar-refractivity contribution in [2.45, 2.75) is 38.3 Å². The molecule has 0 aromatic rings. The van der Waals surface area contributed by atoms with Crippen LogP contribution in [0.5, 0.6) is 0 Å². The van der Waals surface area contributed by atoms with Crippen LogP contribution in [0, 0.1) is 5.92 Å². The second kappa shape index (κ2) is 3.44. The van der Waals surface area contributed by atoms with E-state index in [0.717, 1.165) is 25.7 Å². The SMILES string of the molecule is FC(F)(F)C1=CC2CCCCC2=CC1. The maximum Gasteiger partial charge on any atom is 0.412 e. The standard InChI is InChI=1S/C11H13F3/c12-11(13,14)10-6-5-8-3-1-2-4-9(8)7-10/h5,7,9H,1-4,6H2. The first kappa shape index (κ1) is 9.81. The monoisotopic (exact) mass is 202 g/mol. The summed E-state index contributed by atoms with van der Waals surface area (Å²) in [5, 5.41) is 0. The van der Waals surface area contributed by atoms with Crippen LogP contribution in [-0.2, 0) is 0 Å². The molecule has 0 aliphatic heterocycles. The summed E-state index contributed by atoms with van der Waals surface area (Å²) in [7, 11) is 0. The van der Waals surface area contributed by atoms with E-state index in [2.05, 4.69) is 0 Å². The molecule has 0 heterocycles. The van der Waals surface area contributed by atoms with Crippen molar-refractivity contribution in [2.24, 2.45) is 5.92 Å². The van der Waals surface area contributed by atoms with Crippen LogP contribution in [-0.4, -0.2) is 6.18 Å². The zero-order chi connectivity index (χ0) is 10.2. The highest BCUT2D eigenvalue weighted by molar-refractivity contribution is 5.28. The van der Waals surface area contributed by atoms with Crippen molar-refractivity contribution in [3.8, 4) is 0 Å². The van der Waals surface area contributed by atoms with Crippen LogP contribution in [0.25, 0.3) is 0 Å². The van der Waals surface area contributed by atoms with Crippen molar-refractivity contribution in [3.63, 3.8) is 0 Å². The Kier molecular flexibility index (Phi) is 2.41. The third kappa shape index (κ3) is 1.86. The molecule has 0 aromatic heterocycles. The van der Waals surface area contributed by atoms with E-state index in [9.17, 15) is 13.2 Å². The molecule has 0 aromatic carbocycles. The van der Waals surface area contributed by atoms with Crippen molar-refractivity contribution in [1.82, 2.24) is 0 Å². The molecule has 0 saturated heterocycles.